The lowest BCUT2D eigenvalue weighted by atomic mass is 10.0. The van der Waals surface area contributed by atoms with E-state index in [1.54, 1.807) is 12.1 Å². The molecule has 98 valence electrons. The Bertz CT molecular complexity index is 445. The number of urea groups is 1. The standard InChI is InChI=1S/C14H20N2O2/c1-10-5-6-12(13(17)8-10)15-14(18)16-7-3-4-11(2)9-16/h5-6,8,11,17H,3-4,7,9H2,1-2H3,(H,15,18). The monoisotopic (exact) mass is 248 g/mol. The molecular weight excluding hydrogens is 228 g/mol. The van der Waals surface area contributed by atoms with Crippen LogP contribution in [0.3, 0.4) is 0 Å². The molecule has 0 aromatic heterocycles. The molecule has 2 amide bonds. The second-order valence-electron chi connectivity index (χ2n) is 5.14. The highest BCUT2D eigenvalue weighted by molar-refractivity contribution is 5.91. The van der Waals surface area contributed by atoms with Gasteiger partial charge in [0.2, 0.25) is 0 Å². The van der Waals surface area contributed by atoms with E-state index in [1.165, 1.54) is 6.42 Å². The molecule has 0 radical (unpaired) electrons. The molecule has 2 rings (SSSR count). The van der Waals surface area contributed by atoms with Crippen molar-refractivity contribution in [3.05, 3.63) is 23.8 Å². The van der Waals surface area contributed by atoms with Gasteiger partial charge in [-0.05, 0) is 43.4 Å². The molecule has 4 heteroatoms. The number of nitrogens with one attached hydrogen (secondary N) is 1. The van der Waals surface area contributed by atoms with Gasteiger partial charge in [-0.1, -0.05) is 13.0 Å². The van der Waals surface area contributed by atoms with Gasteiger partial charge in [-0.15, -0.1) is 0 Å². The van der Waals surface area contributed by atoms with Crippen LogP contribution in [0, 0.1) is 12.8 Å². The summed E-state index contributed by atoms with van der Waals surface area (Å²) in [6.45, 7) is 5.64. The van der Waals surface area contributed by atoms with E-state index in [1.807, 2.05) is 17.9 Å². The van der Waals surface area contributed by atoms with Crippen LogP contribution in [-0.2, 0) is 0 Å². The van der Waals surface area contributed by atoms with Gasteiger partial charge < -0.3 is 15.3 Å². The summed E-state index contributed by atoms with van der Waals surface area (Å²) in [5.41, 5.74) is 1.45. The van der Waals surface area contributed by atoms with Gasteiger partial charge in [0, 0.05) is 13.1 Å². The van der Waals surface area contributed by atoms with E-state index in [0.717, 1.165) is 25.1 Å². The highest BCUT2D eigenvalue weighted by atomic mass is 16.3. The topological polar surface area (TPSA) is 52.6 Å². The average molecular weight is 248 g/mol. The summed E-state index contributed by atoms with van der Waals surface area (Å²) in [7, 11) is 0. The lowest BCUT2D eigenvalue weighted by molar-refractivity contribution is 0.182. The zero-order chi connectivity index (χ0) is 13.1. The van der Waals surface area contributed by atoms with Crippen LogP contribution in [0.1, 0.15) is 25.3 Å². The Kier molecular flexibility index (Phi) is 3.75. The van der Waals surface area contributed by atoms with Gasteiger partial charge in [-0.25, -0.2) is 4.79 Å². The number of hydrogen-bond donors (Lipinski definition) is 2. The molecule has 1 unspecified atom stereocenters. The van der Waals surface area contributed by atoms with Crippen molar-refractivity contribution < 1.29 is 9.90 Å². The molecule has 0 bridgehead atoms. The number of phenolic OH excluding ortho intramolecular Hbond substituents is 1. The number of aromatic hydroxyl groups is 1. The Morgan fingerprint density at radius 2 is 2.28 bits per heavy atom. The predicted octanol–water partition coefficient (Wildman–Crippen LogP) is 2.96. The summed E-state index contributed by atoms with van der Waals surface area (Å²) in [6, 6.07) is 5.12. The fourth-order valence-electron chi connectivity index (χ4n) is 2.32. The molecule has 0 aliphatic carbocycles. The molecule has 4 nitrogen and oxygen atoms in total. The normalized spacial score (nSPS) is 19.7. The Morgan fingerprint density at radius 1 is 1.50 bits per heavy atom. The predicted molar refractivity (Wildman–Crippen MR) is 71.8 cm³/mol. The number of rotatable bonds is 1. The van der Waals surface area contributed by atoms with E-state index < -0.39 is 0 Å². The molecule has 1 atom stereocenters. The van der Waals surface area contributed by atoms with Crippen LogP contribution in [0.4, 0.5) is 10.5 Å². The number of piperidine rings is 1. The fourth-order valence-corrected chi connectivity index (χ4v) is 2.32. The number of benzene rings is 1. The van der Waals surface area contributed by atoms with E-state index in [4.69, 9.17) is 0 Å². The summed E-state index contributed by atoms with van der Waals surface area (Å²) < 4.78 is 0. The summed E-state index contributed by atoms with van der Waals surface area (Å²) in [4.78, 5) is 13.9. The van der Waals surface area contributed by atoms with Crippen LogP contribution in [0.2, 0.25) is 0 Å². The van der Waals surface area contributed by atoms with Crippen molar-refractivity contribution >= 4 is 11.7 Å². The second-order valence-corrected chi connectivity index (χ2v) is 5.14. The smallest absolute Gasteiger partial charge is 0.321 e. The fraction of sp³-hybridized carbons (Fsp3) is 0.500. The van der Waals surface area contributed by atoms with Crippen molar-refractivity contribution in [2.75, 3.05) is 18.4 Å². The number of amides is 2. The van der Waals surface area contributed by atoms with Crippen LogP contribution in [-0.4, -0.2) is 29.1 Å². The minimum absolute atomic E-state index is 0.119. The third kappa shape index (κ3) is 2.94. The first-order chi connectivity index (χ1) is 8.56. The number of carbonyl (C=O) groups is 1. The van der Waals surface area contributed by atoms with Gasteiger partial charge in [0.05, 0.1) is 5.69 Å². The highest BCUT2D eigenvalue weighted by Gasteiger charge is 2.21. The molecular formula is C14H20N2O2. The molecule has 0 spiro atoms. The first-order valence-electron chi connectivity index (χ1n) is 6.42. The summed E-state index contributed by atoms with van der Waals surface area (Å²) >= 11 is 0. The minimum Gasteiger partial charge on any atom is -0.506 e. The molecule has 18 heavy (non-hydrogen) atoms. The van der Waals surface area contributed by atoms with E-state index in [2.05, 4.69) is 12.2 Å². The Labute approximate surface area is 108 Å². The number of likely N-dealkylation sites (tertiary alicyclic amines) is 1. The minimum atomic E-state index is -0.124. The lowest BCUT2D eigenvalue weighted by Gasteiger charge is -2.31. The zero-order valence-electron chi connectivity index (χ0n) is 10.9. The maximum absolute atomic E-state index is 12.1. The lowest BCUT2D eigenvalue weighted by Crippen LogP contribution is -2.41. The Balaban J connectivity index is 2.02. The molecule has 1 aliphatic heterocycles. The molecule has 1 aliphatic rings. The number of aryl methyl sites for hydroxylation is 1. The van der Waals surface area contributed by atoms with Crippen LogP contribution in [0.5, 0.6) is 5.75 Å². The van der Waals surface area contributed by atoms with Gasteiger partial charge in [-0.2, -0.15) is 0 Å². The largest absolute Gasteiger partial charge is 0.506 e. The van der Waals surface area contributed by atoms with E-state index in [9.17, 15) is 9.90 Å². The summed E-state index contributed by atoms with van der Waals surface area (Å²) in [5, 5.41) is 12.5. The molecule has 1 fully saturated rings. The summed E-state index contributed by atoms with van der Waals surface area (Å²) in [6.07, 6.45) is 2.23. The molecule has 1 aromatic rings. The third-order valence-electron chi connectivity index (χ3n) is 3.34. The van der Waals surface area contributed by atoms with Gasteiger partial charge in [0.25, 0.3) is 0 Å². The number of anilines is 1. The van der Waals surface area contributed by atoms with Crippen molar-refractivity contribution in [1.82, 2.24) is 4.90 Å². The molecule has 1 saturated heterocycles. The highest BCUT2D eigenvalue weighted by Crippen LogP contribution is 2.25. The average Bonchev–Trinajstić information content (AvgIpc) is 2.32. The maximum atomic E-state index is 12.1. The van der Waals surface area contributed by atoms with E-state index in [0.29, 0.717) is 11.6 Å². The molecule has 2 N–H and O–H groups in total. The maximum Gasteiger partial charge on any atom is 0.321 e. The van der Waals surface area contributed by atoms with Crippen LogP contribution < -0.4 is 5.32 Å². The number of carbonyl (C=O) groups excluding carboxylic acids is 1. The molecule has 1 aromatic carbocycles. The molecule has 1 heterocycles. The molecule has 0 saturated carbocycles. The Hall–Kier alpha value is -1.71. The van der Waals surface area contributed by atoms with E-state index in [-0.39, 0.29) is 11.8 Å². The van der Waals surface area contributed by atoms with Crippen molar-refractivity contribution in [3.8, 4) is 5.75 Å². The van der Waals surface area contributed by atoms with Gasteiger partial charge in [0.1, 0.15) is 5.75 Å². The first-order valence-corrected chi connectivity index (χ1v) is 6.42. The van der Waals surface area contributed by atoms with Crippen molar-refractivity contribution in [2.24, 2.45) is 5.92 Å². The van der Waals surface area contributed by atoms with Crippen LogP contribution in [0.15, 0.2) is 18.2 Å². The van der Waals surface area contributed by atoms with Gasteiger partial charge >= 0.3 is 6.03 Å². The number of phenols is 1. The van der Waals surface area contributed by atoms with Crippen molar-refractivity contribution in [1.29, 1.82) is 0 Å². The van der Waals surface area contributed by atoms with Crippen molar-refractivity contribution in [2.45, 2.75) is 26.7 Å². The SMILES string of the molecule is Cc1ccc(NC(=O)N2CCCC(C)C2)c(O)c1. The van der Waals surface area contributed by atoms with Crippen LogP contribution >= 0.6 is 0 Å². The zero-order valence-corrected chi connectivity index (χ0v) is 10.9. The Morgan fingerprint density at radius 3 is 2.94 bits per heavy atom. The number of hydrogen-bond acceptors (Lipinski definition) is 2. The van der Waals surface area contributed by atoms with Crippen LogP contribution in [0.25, 0.3) is 0 Å². The third-order valence-corrected chi connectivity index (χ3v) is 3.34. The van der Waals surface area contributed by atoms with Gasteiger partial charge in [-0.3, -0.25) is 0 Å². The number of nitrogens with zero attached hydrogens (tertiary/aromatic N) is 1. The van der Waals surface area contributed by atoms with E-state index >= 15 is 0 Å². The quantitative estimate of drug-likeness (QED) is 0.751. The second kappa shape index (κ2) is 5.29. The first kappa shape index (κ1) is 12.7. The van der Waals surface area contributed by atoms with Gasteiger partial charge in [0.15, 0.2) is 0 Å². The van der Waals surface area contributed by atoms with Crippen molar-refractivity contribution in [3.63, 3.8) is 0 Å². The summed E-state index contributed by atoms with van der Waals surface area (Å²) in [5.74, 6) is 0.671.